The van der Waals surface area contributed by atoms with Crippen molar-refractivity contribution in [3.8, 4) is 0 Å². The smallest absolute Gasteiger partial charge is 0.243 e. The summed E-state index contributed by atoms with van der Waals surface area (Å²) < 4.78 is 5.62. The molecule has 2 rings (SSSR count). The van der Waals surface area contributed by atoms with Crippen LogP contribution in [0.1, 0.15) is 39.5 Å². The number of carbonyl (C=O) groups excluding carboxylic acids is 1. The molecule has 4 nitrogen and oxygen atoms in total. The number of rotatable bonds is 3. The number of ether oxygens (including phenoxy) is 1. The summed E-state index contributed by atoms with van der Waals surface area (Å²) in [6.07, 6.45) is 4.19. The van der Waals surface area contributed by atoms with E-state index in [9.17, 15) is 4.79 Å². The Hall–Kier alpha value is -0.320. The zero-order valence-electron chi connectivity index (χ0n) is 11.4. The fraction of sp³-hybridized carbons (Fsp3) is 0.923. The molecule has 0 bridgehead atoms. The van der Waals surface area contributed by atoms with Crippen LogP contribution in [-0.2, 0) is 9.53 Å². The van der Waals surface area contributed by atoms with Crippen molar-refractivity contribution < 1.29 is 9.53 Å². The molecule has 5 heteroatoms. The first-order valence-electron chi connectivity index (χ1n) is 6.88. The molecule has 0 aromatic heterocycles. The van der Waals surface area contributed by atoms with E-state index in [2.05, 4.69) is 19.2 Å². The first-order valence-corrected chi connectivity index (χ1v) is 6.88. The Kier molecular flexibility index (Phi) is 5.89. The number of carbonyl (C=O) groups is 1. The first-order chi connectivity index (χ1) is 8.22. The molecule has 0 radical (unpaired) electrons. The molecule has 2 aliphatic heterocycles. The van der Waals surface area contributed by atoms with Gasteiger partial charge in [0.05, 0.1) is 18.2 Å². The average Bonchev–Trinajstić information content (AvgIpc) is 2.88. The van der Waals surface area contributed by atoms with Gasteiger partial charge in [0, 0.05) is 13.1 Å². The Bertz CT molecular complexity index is 280. The third-order valence-electron chi connectivity index (χ3n) is 4.14. The minimum Gasteiger partial charge on any atom is -0.375 e. The van der Waals surface area contributed by atoms with Gasteiger partial charge >= 0.3 is 0 Å². The normalized spacial score (nSPS) is 32.1. The lowest BCUT2D eigenvalue weighted by atomic mass is 9.92. The number of amides is 1. The van der Waals surface area contributed by atoms with E-state index in [-0.39, 0.29) is 24.0 Å². The molecule has 2 atom stereocenters. The van der Waals surface area contributed by atoms with Crippen molar-refractivity contribution in [2.45, 2.75) is 51.2 Å². The fourth-order valence-electron chi connectivity index (χ4n) is 2.90. The van der Waals surface area contributed by atoms with E-state index >= 15 is 0 Å². The van der Waals surface area contributed by atoms with E-state index < -0.39 is 0 Å². The molecule has 2 saturated heterocycles. The Balaban J connectivity index is 0.00000162. The van der Waals surface area contributed by atoms with Crippen LogP contribution in [0.3, 0.4) is 0 Å². The minimum absolute atomic E-state index is 0. The zero-order valence-corrected chi connectivity index (χ0v) is 12.2. The first kappa shape index (κ1) is 15.7. The zero-order chi connectivity index (χ0) is 12.3. The molecular weight excluding hydrogens is 252 g/mol. The summed E-state index contributed by atoms with van der Waals surface area (Å²) in [6.45, 7) is 7.39. The molecule has 0 aromatic carbocycles. The number of nitrogens with one attached hydrogen (secondary N) is 1. The second kappa shape index (κ2) is 6.73. The molecule has 0 saturated carbocycles. The van der Waals surface area contributed by atoms with Gasteiger partial charge in [-0.05, 0) is 32.2 Å². The van der Waals surface area contributed by atoms with E-state index in [1.54, 1.807) is 0 Å². The second-order valence-electron chi connectivity index (χ2n) is 5.12. The lowest BCUT2D eigenvalue weighted by Gasteiger charge is -2.38. The summed E-state index contributed by atoms with van der Waals surface area (Å²) >= 11 is 0. The van der Waals surface area contributed by atoms with Crippen LogP contribution in [0.15, 0.2) is 0 Å². The van der Waals surface area contributed by atoms with Gasteiger partial charge in [-0.1, -0.05) is 13.8 Å². The third-order valence-corrected chi connectivity index (χ3v) is 4.14. The van der Waals surface area contributed by atoms with Crippen LogP contribution < -0.4 is 5.32 Å². The van der Waals surface area contributed by atoms with E-state index in [0.717, 1.165) is 45.3 Å². The maximum Gasteiger partial charge on any atom is 0.243 e. The van der Waals surface area contributed by atoms with Crippen molar-refractivity contribution in [3.63, 3.8) is 0 Å². The third kappa shape index (κ3) is 2.98. The topological polar surface area (TPSA) is 41.6 Å². The van der Waals surface area contributed by atoms with Crippen molar-refractivity contribution in [1.29, 1.82) is 0 Å². The SMILES string of the molecule is CCC1CN(C(=O)C2(CC)CCCN2)CCO1.Cl. The van der Waals surface area contributed by atoms with Crippen LogP contribution in [0, 0.1) is 0 Å². The Labute approximate surface area is 116 Å². The molecule has 1 amide bonds. The molecule has 0 spiro atoms. The second-order valence-corrected chi connectivity index (χ2v) is 5.12. The van der Waals surface area contributed by atoms with Crippen molar-refractivity contribution >= 4 is 18.3 Å². The molecule has 0 aliphatic carbocycles. The molecule has 2 heterocycles. The van der Waals surface area contributed by atoms with E-state index in [1.807, 2.05) is 4.90 Å². The number of halogens is 1. The molecule has 18 heavy (non-hydrogen) atoms. The van der Waals surface area contributed by atoms with Crippen LogP contribution in [0.2, 0.25) is 0 Å². The van der Waals surface area contributed by atoms with Crippen LogP contribution in [0.4, 0.5) is 0 Å². The summed E-state index contributed by atoms with van der Waals surface area (Å²) in [7, 11) is 0. The average molecular weight is 277 g/mol. The Morgan fingerprint density at radius 3 is 2.83 bits per heavy atom. The molecule has 0 aromatic rings. The van der Waals surface area contributed by atoms with Crippen molar-refractivity contribution in [2.75, 3.05) is 26.2 Å². The highest BCUT2D eigenvalue weighted by molar-refractivity contribution is 5.87. The predicted octanol–water partition coefficient (Wildman–Crippen LogP) is 1.58. The maximum absolute atomic E-state index is 12.6. The highest BCUT2D eigenvalue weighted by Gasteiger charge is 2.42. The minimum atomic E-state index is -0.282. The van der Waals surface area contributed by atoms with Crippen LogP contribution in [-0.4, -0.2) is 48.7 Å². The fourth-order valence-corrected chi connectivity index (χ4v) is 2.90. The van der Waals surface area contributed by atoms with Gasteiger partial charge in [-0.2, -0.15) is 0 Å². The summed E-state index contributed by atoms with van der Waals surface area (Å²) in [5, 5.41) is 3.42. The molecule has 106 valence electrons. The number of nitrogens with zero attached hydrogens (tertiary/aromatic N) is 1. The Morgan fingerprint density at radius 1 is 1.50 bits per heavy atom. The van der Waals surface area contributed by atoms with Gasteiger partial charge in [-0.15, -0.1) is 12.4 Å². The molecule has 2 unspecified atom stereocenters. The summed E-state index contributed by atoms with van der Waals surface area (Å²) in [6, 6.07) is 0. The van der Waals surface area contributed by atoms with Gasteiger partial charge in [0.25, 0.3) is 0 Å². The van der Waals surface area contributed by atoms with Crippen molar-refractivity contribution in [1.82, 2.24) is 10.2 Å². The molecular formula is C13H25ClN2O2. The molecule has 2 fully saturated rings. The van der Waals surface area contributed by atoms with Gasteiger partial charge in [0.1, 0.15) is 0 Å². The number of morpholine rings is 1. The Morgan fingerprint density at radius 2 is 2.28 bits per heavy atom. The summed E-state index contributed by atoms with van der Waals surface area (Å²) in [4.78, 5) is 14.6. The van der Waals surface area contributed by atoms with Crippen LogP contribution in [0.5, 0.6) is 0 Å². The van der Waals surface area contributed by atoms with Gasteiger partial charge in [-0.25, -0.2) is 0 Å². The lowest BCUT2D eigenvalue weighted by molar-refractivity contribution is -0.145. The van der Waals surface area contributed by atoms with E-state index in [0.29, 0.717) is 12.5 Å². The summed E-state index contributed by atoms with van der Waals surface area (Å²) in [5.41, 5.74) is -0.282. The number of hydrogen-bond donors (Lipinski definition) is 1. The lowest BCUT2D eigenvalue weighted by Crippen LogP contribution is -2.58. The quantitative estimate of drug-likeness (QED) is 0.851. The van der Waals surface area contributed by atoms with Crippen LogP contribution in [0.25, 0.3) is 0 Å². The van der Waals surface area contributed by atoms with Crippen molar-refractivity contribution in [2.24, 2.45) is 0 Å². The molecule has 1 N–H and O–H groups in total. The van der Waals surface area contributed by atoms with E-state index in [4.69, 9.17) is 4.74 Å². The van der Waals surface area contributed by atoms with Gasteiger partial charge in [0.2, 0.25) is 5.91 Å². The van der Waals surface area contributed by atoms with Gasteiger partial charge in [-0.3, -0.25) is 4.79 Å². The van der Waals surface area contributed by atoms with Gasteiger partial charge in [0.15, 0.2) is 0 Å². The maximum atomic E-state index is 12.6. The van der Waals surface area contributed by atoms with E-state index in [1.165, 1.54) is 0 Å². The van der Waals surface area contributed by atoms with Gasteiger partial charge < -0.3 is 15.0 Å². The number of hydrogen-bond acceptors (Lipinski definition) is 3. The standard InChI is InChI=1S/C13H24N2O2.ClH/c1-3-11-10-15(8-9-17-11)12(16)13(4-2)6-5-7-14-13;/h11,14H,3-10H2,1-2H3;1H. The largest absolute Gasteiger partial charge is 0.375 e. The predicted molar refractivity (Wildman–Crippen MR) is 74.1 cm³/mol. The molecule has 2 aliphatic rings. The van der Waals surface area contributed by atoms with Crippen molar-refractivity contribution in [3.05, 3.63) is 0 Å². The highest BCUT2D eigenvalue weighted by Crippen LogP contribution is 2.26. The monoisotopic (exact) mass is 276 g/mol. The summed E-state index contributed by atoms with van der Waals surface area (Å²) in [5.74, 6) is 0.291. The van der Waals surface area contributed by atoms with Crippen LogP contribution >= 0.6 is 12.4 Å². The highest BCUT2D eigenvalue weighted by atomic mass is 35.5.